The van der Waals surface area contributed by atoms with Gasteiger partial charge >= 0.3 is 6.09 Å². The van der Waals surface area contributed by atoms with Crippen molar-refractivity contribution in [1.29, 1.82) is 5.26 Å². The van der Waals surface area contributed by atoms with Gasteiger partial charge in [-0.1, -0.05) is 0 Å². The second-order valence-electron chi connectivity index (χ2n) is 8.42. The Balaban J connectivity index is 2.09. The zero-order valence-electron chi connectivity index (χ0n) is 17.1. The number of anilines is 1. The van der Waals surface area contributed by atoms with Gasteiger partial charge in [-0.3, -0.25) is 0 Å². The van der Waals surface area contributed by atoms with Crippen molar-refractivity contribution in [2.75, 3.05) is 5.32 Å². The summed E-state index contributed by atoms with van der Waals surface area (Å²) in [5, 5.41) is 21.8. The van der Waals surface area contributed by atoms with Crippen LogP contribution < -0.4 is 10.1 Å². The summed E-state index contributed by atoms with van der Waals surface area (Å²) >= 11 is 0. The van der Waals surface area contributed by atoms with E-state index in [1.807, 2.05) is 40.7 Å². The van der Waals surface area contributed by atoms with Crippen LogP contribution >= 0.6 is 0 Å². The standard InChI is InChI=1S/C20H29FN4O3/c1-12(2)28-18-13(11-22)10-16(21)17(24-18)23-14-6-8-15(9-7-14)25(19(26)27)20(3,4)5/h10,12,14-15H,6-9H2,1-5H3,(H,23,24)(H,26,27)/t14-,15-. The Morgan fingerprint density at radius 1 is 1.39 bits per heavy atom. The molecule has 0 saturated heterocycles. The van der Waals surface area contributed by atoms with E-state index < -0.39 is 17.4 Å². The second-order valence-corrected chi connectivity index (χ2v) is 8.42. The highest BCUT2D eigenvalue weighted by Crippen LogP contribution is 2.31. The number of nitriles is 1. The Hall–Kier alpha value is -2.56. The van der Waals surface area contributed by atoms with Crippen LogP contribution in [-0.4, -0.2) is 44.8 Å². The number of carbonyl (C=O) groups is 1. The van der Waals surface area contributed by atoms with Crippen LogP contribution in [0.1, 0.15) is 65.9 Å². The highest BCUT2D eigenvalue weighted by atomic mass is 19.1. The van der Waals surface area contributed by atoms with Crippen LogP contribution in [0.15, 0.2) is 6.07 Å². The number of nitrogens with one attached hydrogen (secondary N) is 1. The van der Waals surface area contributed by atoms with Crippen LogP contribution in [0.2, 0.25) is 0 Å². The SMILES string of the molecule is CC(C)Oc1nc(N[C@H]2CC[C@H](N(C(=O)O)C(C)(C)C)CC2)c(F)cc1C#N. The third kappa shape index (κ3) is 5.24. The molecule has 2 rings (SSSR count). The van der Waals surface area contributed by atoms with E-state index in [0.717, 1.165) is 6.07 Å². The molecule has 0 spiro atoms. The average Bonchev–Trinajstić information content (AvgIpc) is 2.57. The van der Waals surface area contributed by atoms with E-state index in [1.165, 1.54) is 4.90 Å². The van der Waals surface area contributed by atoms with Gasteiger partial charge in [0.25, 0.3) is 0 Å². The number of hydrogen-bond donors (Lipinski definition) is 2. The summed E-state index contributed by atoms with van der Waals surface area (Å²) in [6.07, 6.45) is 1.67. The molecule has 0 aliphatic heterocycles. The quantitative estimate of drug-likeness (QED) is 0.771. The number of hydrogen-bond acceptors (Lipinski definition) is 5. The molecule has 1 heterocycles. The van der Waals surface area contributed by atoms with Gasteiger partial charge in [0.05, 0.1) is 6.10 Å². The van der Waals surface area contributed by atoms with E-state index in [1.54, 1.807) is 0 Å². The molecule has 154 valence electrons. The van der Waals surface area contributed by atoms with E-state index in [2.05, 4.69) is 10.3 Å². The fourth-order valence-electron chi connectivity index (χ4n) is 3.63. The number of aromatic nitrogens is 1. The second kappa shape index (κ2) is 8.63. The minimum absolute atomic E-state index is 0.0197. The number of rotatable bonds is 5. The van der Waals surface area contributed by atoms with E-state index in [9.17, 15) is 14.3 Å². The Bertz CT molecular complexity index is 747. The molecule has 1 aliphatic carbocycles. The minimum Gasteiger partial charge on any atom is -0.474 e. The molecule has 0 unspecified atom stereocenters. The zero-order chi connectivity index (χ0) is 21.1. The molecule has 1 aliphatic rings. The molecule has 1 aromatic rings. The summed E-state index contributed by atoms with van der Waals surface area (Å²) in [7, 11) is 0. The smallest absolute Gasteiger partial charge is 0.407 e. The van der Waals surface area contributed by atoms with E-state index in [-0.39, 0.29) is 35.4 Å². The summed E-state index contributed by atoms with van der Waals surface area (Å²) in [5.41, 5.74) is -0.413. The van der Waals surface area contributed by atoms with Gasteiger partial charge in [0, 0.05) is 23.7 Å². The third-order valence-electron chi connectivity index (χ3n) is 4.74. The van der Waals surface area contributed by atoms with Crippen molar-refractivity contribution < 1.29 is 19.0 Å². The molecule has 1 saturated carbocycles. The van der Waals surface area contributed by atoms with Gasteiger partial charge < -0.3 is 20.1 Å². The molecular weight excluding hydrogens is 363 g/mol. The molecule has 7 nitrogen and oxygen atoms in total. The summed E-state index contributed by atoms with van der Waals surface area (Å²) in [6, 6.07) is 2.95. The molecule has 28 heavy (non-hydrogen) atoms. The molecular formula is C20H29FN4O3. The fourth-order valence-corrected chi connectivity index (χ4v) is 3.63. The van der Waals surface area contributed by atoms with E-state index in [4.69, 9.17) is 10.00 Å². The van der Waals surface area contributed by atoms with Crippen molar-refractivity contribution in [1.82, 2.24) is 9.88 Å². The van der Waals surface area contributed by atoms with Gasteiger partial charge in [-0.15, -0.1) is 0 Å². The topological polar surface area (TPSA) is 98.5 Å². The number of carboxylic acid groups (broad SMARTS) is 1. The van der Waals surface area contributed by atoms with Gasteiger partial charge in [0.2, 0.25) is 5.88 Å². The molecule has 0 bridgehead atoms. The number of amides is 1. The predicted molar refractivity (Wildman–Crippen MR) is 104 cm³/mol. The number of nitrogens with zero attached hydrogens (tertiary/aromatic N) is 3. The fraction of sp³-hybridized carbons (Fsp3) is 0.650. The maximum Gasteiger partial charge on any atom is 0.407 e. The first-order valence-electron chi connectivity index (χ1n) is 9.59. The molecule has 1 fully saturated rings. The van der Waals surface area contributed by atoms with Crippen molar-refractivity contribution in [3.05, 3.63) is 17.4 Å². The van der Waals surface area contributed by atoms with Crippen LogP contribution in [0.3, 0.4) is 0 Å². The van der Waals surface area contributed by atoms with Crippen LogP contribution in [0.25, 0.3) is 0 Å². The van der Waals surface area contributed by atoms with Crippen LogP contribution in [0.5, 0.6) is 5.88 Å². The molecule has 0 radical (unpaired) electrons. The lowest BCUT2D eigenvalue weighted by Gasteiger charge is -2.42. The van der Waals surface area contributed by atoms with Crippen molar-refractivity contribution in [3.8, 4) is 11.9 Å². The number of ether oxygens (including phenoxy) is 1. The summed E-state index contributed by atoms with van der Waals surface area (Å²) in [5.74, 6) is -0.430. The molecule has 8 heteroatoms. The first kappa shape index (κ1) is 21.7. The first-order valence-corrected chi connectivity index (χ1v) is 9.59. The van der Waals surface area contributed by atoms with Crippen LogP contribution in [-0.2, 0) is 0 Å². The Kier molecular flexibility index (Phi) is 6.70. The number of pyridine rings is 1. The molecule has 1 amide bonds. The molecule has 2 N–H and O–H groups in total. The number of halogens is 1. The largest absolute Gasteiger partial charge is 0.474 e. The lowest BCUT2D eigenvalue weighted by atomic mass is 9.88. The van der Waals surface area contributed by atoms with Gasteiger partial charge in [0.1, 0.15) is 11.6 Å². The van der Waals surface area contributed by atoms with Crippen molar-refractivity contribution in [3.63, 3.8) is 0 Å². The lowest BCUT2D eigenvalue weighted by Crippen LogP contribution is -2.52. The molecule has 0 atom stereocenters. The lowest BCUT2D eigenvalue weighted by molar-refractivity contribution is 0.0556. The summed E-state index contributed by atoms with van der Waals surface area (Å²) in [4.78, 5) is 17.3. The minimum atomic E-state index is -0.917. The average molecular weight is 392 g/mol. The third-order valence-corrected chi connectivity index (χ3v) is 4.74. The van der Waals surface area contributed by atoms with Gasteiger partial charge in [-0.25, -0.2) is 9.18 Å². The predicted octanol–water partition coefficient (Wildman–Crippen LogP) is 4.38. The summed E-state index contributed by atoms with van der Waals surface area (Å²) in [6.45, 7) is 9.28. The molecule has 0 aromatic carbocycles. The van der Waals surface area contributed by atoms with Gasteiger partial charge in [-0.05, 0) is 60.3 Å². The van der Waals surface area contributed by atoms with E-state index in [0.29, 0.717) is 25.7 Å². The van der Waals surface area contributed by atoms with Crippen molar-refractivity contribution in [2.24, 2.45) is 0 Å². The summed E-state index contributed by atoms with van der Waals surface area (Å²) < 4.78 is 19.9. The highest BCUT2D eigenvalue weighted by molar-refractivity contribution is 5.66. The van der Waals surface area contributed by atoms with Crippen LogP contribution in [0.4, 0.5) is 15.0 Å². The maximum absolute atomic E-state index is 14.4. The van der Waals surface area contributed by atoms with Crippen molar-refractivity contribution in [2.45, 2.75) is 84.0 Å². The van der Waals surface area contributed by atoms with Crippen LogP contribution in [0, 0.1) is 17.1 Å². The molecule has 1 aromatic heterocycles. The maximum atomic E-state index is 14.4. The Morgan fingerprint density at radius 2 is 2.00 bits per heavy atom. The van der Waals surface area contributed by atoms with E-state index >= 15 is 0 Å². The zero-order valence-corrected chi connectivity index (χ0v) is 17.1. The highest BCUT2D eigenvalue weighted by Gasteiger charge is 2.35. The first-order chi connectivity index (χ1) is 13.0. The monoisotopic (exact) mass is 392 g/mol. The Labute approximate surface area is 165 Å². The normalized spacial score (nSPS) is 19.8. The van der Waals surface area contributed by atoms with Crippen molar-refractivity contribution >= 4 is 11.9 Å². The van der Waals surface area contributed by atoms with Gasteiger partial charge in [0.15, 0.2) is 11.6 Å². The van der Waals surface area contributed by atoms with Gasteiger partial charge in [-0.2, -0.15) is 10.2 Å². The Morgan fingerprint density at radius 3 is 2.46 bits per heavy atom.